The maximum atomic E-state index is 5.05. The quantitative estimate of drug-likeness (QED) is 0.759. The van der Waals surface area contributed by atoms with Gasteiger partial charge in [-0.25, -0.2) is 0 Å². The van der Waals surface area contributed by atoms with Gasteiger partial charge in [0.25, 0.3) is 0 Å². The molecule has 0 spiro atoms. The van der Waals surface area contributed by atoms with Crippen molar-refractivity contribution in [3.8, 4) is 0 Å². The fourth-order valence-electron chi connectivity index (χ4n) is 2.88. The molecular weight excluding hydrogens is 240 g/mol. The third-order valence-electron chi connectivity index (χ3n) is 4.68. The molecule has 0 radical (unpaired) electrons. The summed E-state index contributed by atoms with van der Waals surface area (Å²) in [6.07, 6.45) is 9.25. The molecule has 3 atom stereocenters. The summed E-state index contributed by atoms with van der Waals surface area (Å²) in [5, 5.41) is 4.89. The van der Waals surface area contributed by atoms with E-state index in [0.29, 0.717) is 6.04 Å². The Balaban J connectivity index is 2.02. The summed E-state index contributed by atoms with van der Waals surface area (Å²) in [5.74, 6) is 1.98. The molecule has 1 N–H and O–H groups in total. The van der Waals surface area contributed by atoms with E-state index in [0.717, 1.165) is 5.92 Å². The van der Waals surface area contributed by atoms with E-state index in [2.05, 4.69) is 26.1 Å². The molecule has 1 aliphatic carbocycles. The first-order valence-corrected chi connectivity index (χ1v) is 8.60. The average molecular weight is 268 g/mol. The Kier molecular flexibility index (Phi) is 4.99. The second kappa shape index (κ2) is 6.31. The highest BCUT2D eigenvalue weighted by atomic mass is 32.2. The largest absolute Gasteiger partial charge is 0.360 e. The Morgan fingerprint density at radius 1 is 1.33 bits per heavy atom. The third kappa shape index (κ3) is 3.66. The van der Waals surface area contributed by atoms with Crippen molar-refractivity contribution in [1.82, 2.24) is 5.32 Å². The van der Waals surface area contributed by atoms with Crippen molar-refractivity contribution < 1.29 is 0 Å². The molecule has 2 aliphatic rings. The van der Waals surface area contributed by atoms with E-state index in [1.165, 1.54) is 55.9 Å². The molecule has 0 aromatic carbocycles. The predicted octanol–water partition coefficient (Wildman–Crippen LogP) is 4.21. The molecule has 0 aromatic rings. The molecule has 0 bridgehead atoms. The Bertz CT molecular complexity index is 303. The Morgan fingerprint density at radius 3 is 2.89 bits per heavy atom. The molecule has 1 aliphatic heterocycles. The second-order valence-electron chi connectivity index (χ2n) is 6.25. The van der Waals surface area contributed by atoms with E-state index in [1.807, 2.05) is 11.8 Å². The number of thioether (sulfide) groups is 1. The summed E-state index contributed by atoms with van der Waals surface area (Å²) < 4.78 is 0. The molecule has 3 unspecified atom stereocenters. The van der Waals surface area contributed by atoms with Crippen LogP contribution in [0.15, 0.2) is 4.99 Å². The molecular formula is C15H28N2S. The van der Waals surface area contributed by atoms with E-state index in [1.54, 1.807) is 0 Å². The van der Waals surface area contributed by atoms with Crippen molar-refractivity contribution in [2.45, 2.75) is 77.3 Å². The molecule has 1 heterocycles. The minimum absolute atomic E-state index is 0.276. The zero-order chi connectivity index (χ0) is 13.0. The van der Waals surface area contributed by atoms with Gasteiger partial charge < -0.3 is 5.32 Å². The molecule has 104 valence electrons. The van der Waals surface area contributed by atoms with Crippen molar-refractivity contribution in [2.75, 3.05) is 5.75 Å². The van der Waals surface area contributed by atoms with Gasteiger partial charge in [0.15, 0.2) is 5.17 Å². The molecule has 0 aromatic heterocycles. The normalized spacial score (nSPS) is 40.3. The number of nitrogens with zero attached hydrogens (tertiary/aromatic N) is 1. The molecule has 1 saturated carbocycles. The Hall–Kier alpha value is -0.180. The smallest absolute Gasteiger partial charge is 0.157 e. The monoisotopic (exact) mass is 268 g/mol. The van der Waals surface area contributed by atoms with E-state index in [9.17, 15) is 0 Å². The molecule has 18 heavy (non-hydrogen) atoms. The average Bonchev–Trinajstić information content (AvgIpc) is 2.55. The van der Waals surface area contributed by atoms with Crippen LogP contribution < -0.4 is 5.32 Å². The number of amidine groups is 1. The maximum absolute atomic E-state index is 5.05. The minimum atomic E-state index is 0.276. The summed E-state index contributed by atoms with van der Waals surface area (Å²) in [7, 11) is 0. The van der Waals surface area contributed by atoms with Crippen LogP contribution in [-0.4, -0.2) is 22.5 Å². The molecule has 1 saturated heterocycles. The first kappa shape index (κ1) is 14.2. The highest BCUT2D eigenvalue weighted by molar-refractivity contribution is 8.13. The SMILES string of the molecule is CCC1(C)CCSC(=NC2CCCCCC2C)N1. The molecule has 0 amide bonds. The van der Waals surface area contributed by atoms with E-state index in [-0.39, 0.29) is 5.54 Å². The highest BCUT2D eigenvalue weighted by Crippen LogP contribution is 2.29. The summed E-state index contributed by atoms with van der Waals surface area (Å²) in [6, 6.07) is 0.557. The van der Waals surface area contributed by atoms with Crippen molar-refractivity contribution in [3.63, 3.8) is 0 Å². The lowest BCUT2D eigenvalue weighted by atomic mass is 9.95. The summed E-state index contributed by atoms with van der Waals surface area (Å²) in [5.41, 5.74) is 0.276. The lowest BCUT2D eigenvalue weighted by Crippen LogP contribution is -2.48. The number of rotatable bonds is 2. The summed E-state index contributed by atoms with van der Waals surface area (Å²) in [6.45, 7) is 6.99. The van der Waals surface area contributed by atoms with E-state index >= 15 is 0 Å². The predicted molar refractivity (Wildman–Crippen MR) is 82.4 cm³/mol. The maximum Gasteiger partial charge on any atom is 0.157 e. The van der Waals surface area contributed by atoms with Crippen LogP contribution in [0.1, 0.15) is 65.7 Å². The van der Waals surface area contributed by atoms with Gasteiger partial charge in [-0.3, -0.25) is 4.99 Å². The van der Waals surface area contributed by atoms with Crippen molar-refractivity contribution in [1.29, 1.82) is 0 Å². The zero-order valence-corrected chi connectivity index (χ0v) is 13.0. The van der Waals surface area contributed by atoms with Crippen molar-refractivity contribution in [2.24, 2.45) is 10.9 Å². The van der Waals surface area contributed by atoms with Gasteiger partial charge in [-0.15, -0.1) is 0 Å². The topological polar surface area (TPSA) is 24.4 Å². The zero-order valence-electron chi connectivity index (χ0n) is 12.2. The summed E-state index contributed by atoms with van der Waals surface area (Å²) >= 11 is 1.92. The van der Waals surface area contributed by atoms with Crippen LogP contribution in [0.4, 0.5) is 0 Å². The van der Waals surface area contributed by atoms with Crippen molar-refractivity contribution >= 4 is 16.9 Å². The fraction of sp³-hybridized carbons (Fsp3) is 0.933. The van der Waals surface area contributed by atoms with Crippen LogP contribution in [-0.2, 0) is 0 Å². The van der Waals surface area contributed by atoms with Gasteiger partial charge in [0.2, 0.25) is 0 Å². The number of hydrogen-bond acceptors (Lipinski definition) is 2. The first-order chi connectivity index (χ1) is 8.63. The molecule has 2 nitrogen and oxygen atoms in total. The van der Waals surface area contributed by atoms with Gasteiger partial charge in [0, 0.05) is 11.3 Å². The number of aliphatic imine (C=N–C) groups is 1. The standard InChI is InChI=1S/C15H28N2S/c1-4-15(3)10-11-18-14(17-15)16-13-9-7-5-6-8-12(13)2/h12-13H,4-11H2,1-3H3,(H,16,17). The van der Waals surface area contributed by atoms with Crippen LogP contribution >= 0.6 is 11.8 Å². The fourth-order valence-corrected chi connectivity index (χ4v) is 4.15. The lowest BCUT2D eigenvalue weighted by Gasteiger charge is -2.36. The molecule has 3 heteroatoms. The summed E-state index contributed by atoms with van der Waals surface area (Å²) in [4.78, 5) is 5.05. The highest BCUT2D eigenvalue weighted by Gasteiger charge is 2.29. The number of hydrogen-bond donors (Lipinski definition) is 1. The Morgan fingerprint density at radius 2 is 2.11 bits per heavy atom. The lowest BCUT2D eigenvalue weighted by molar-refractivity contribution is 0.384. The van der Waals surface area contributed by atoms with Gasteiger partial charge >= 0.3 is 0 Å². The van der Waals surface area contributed by atoms with Gasteiger partial charge in [0.1, 0.15) is 0 Å². The van der Waals surface area contributed by atoms with Crippen LogP contribution in [0.5, 0.6) is 0 Å². The molecule has 2 rings (SSSR count). The molecule has 2 fully saturated rings. The Labute approximate surface area is 116 Å². The third-order valence-corrected chi connectivity index (χ3v) is 5.57. The van der Waals surface area contributed by atoms with E-state index in [4.69, 9.17) is 4.99 Å². The van der Waals surface area contributed by atoms with Gasteiger partial charge in [-0.05, 0) is 38.5 Å². The first-order valence-electron chi connectivity index (χ1n) is 7.62. The number of nitrogens with one attached hydrogen (secondary N) is 1. The van der Waals surface area contributed by atoms with Crippen LogP contribution in [0.2, 0.25) is 0 Å². The van der Waals surface area contributed by atoms with Gasteiger partial charge in [0.05, 0.1) is 6.04 Å². The van der Waals surface area contributed by atoms with Crippen molar-refractivity contribution in [3.05, 3.63) is 0 Å². The minimum Gasteiger partial charge on any atom is -0.360 e. The van der Waals surface area contributed by atoms with Crippen LogP contribution in [0.3, 0.4) is 0 Å². The van der Waals surface area contributed by atoms with Crippen LogP contribution in [0, 0.1) is 5.92 Å². The van der Waals surface area contributed by atoms with Gasteiger partial charge in [-0.1, -0.05) is 44.9 Å². The van der Waals surface area contributed by atoms with Gasteiger partial charge in [-0.2, -0.15) is 0 Å². The van der Waals surface area contributed by atoms with Crippen LogP contribution in [0.25, 0.3) is 0 Å². The van der Waals surface area contributed by atoms with E-state index < -0.39 is 0 Å². The second-order valence-corrected chi connectivity index (χ2v) is 7.34.